The lowest BCUT2D eigenvalue weighted by atomic mass is 10.0. The molecule has 0 spiro atoms. The van der Waals surface area contributed by atoms with E-state index in [4.69, 9.17) is 0 Å². The average molecular weight is 447 g/mol. The van der Waals surface area contributed by atoms with Crippen LogP contribution in [0.25, 0.3) is 21.7 Å². The molecule has 0 saturated heterocycles. The first-order valence-electron chi connectivity index (χ1n) is 9.38. The highest BCUT2D eigenvalue weighted by Crippen LogP contribution is 2.35. The van der Waals surface area contributed by atoms with Gasteiger partial charge in [0.05, 0.1) is 39.4 Å². The van der Waals surface area contributed by atoms with Crippen LogP contribution < -0.4 is 0 Å². The topological polar surface area (TPSA) is 81.7 Å². The highest BCUT2D eigenvalue weighted by molar-refractivity contribution is 7.17. The summed E-state index contributed by atoms with van der Waals surface area (Å²) in [5, 5.41) is 8.11. The molecule has 0 bridgehead atoms. The summed E-state index contributed by atoms with van der Waals surface area (Å²) in [5.74, 6) is -0.144. The van der Waals surface area contributed by atoms with Crippen molar-refractivity contribution in [3.8, 4) is 11.4 Å². The summed E-state index contributed by atoms with van der Waals surface area (Å²) in [6.45, 7) is 0.700. The third-order valence-electron chi connectivity index (χ3n) is 5.36. The SMILES string of the molecule is Cn1nc(C(F)(F)F)cc1-c1c2c(nn1C)CN(C(=O)c1ccnc3ncsc13)CC2. The van der Waals surface area contributed by atoms with Crippen molar-refractivity contribution in [2.75, 3.05) is 6.54 Å². The molecule has 0 fully saturated rings. The summed E-state index contributed by atoms with van der Waals surface area (Å²) in [6, 6.07) is 2.71. The Bertz CT molecular complexity index is 1320. The number of pyridine rings is 1. The van der Waals surface area contributed by atoms with Crippen LogP contribution in [-0.2, 0) is 33.2 Å². The number of amides is 1. The number of halogens is 3. The van der Waals surface area contributed by atoms with Gasteiger partial charge in [-0.2, -0.15) is 23.4 Å². The van der Waals surface area contributed by atoms with E-state index in [1.165, 1.54) is 23.1 Å². The quantitative estimate of drug-likeness (QED) is 0.472. The molecule has 0 aliphatic carbocycles. The molecule has 5 rings (SSSR count). The average Bonchev–Trinajstić information content (AvgIpc) is 3.42. The fraction of sp³-hybridized carbons (Fsp3) is 0.316. The molecule has 4 aromatic heterocycles. The summed E-state index contributed by atoms with van der Waals surface area (Å²) >= 11 is 1.36. The zero-order valence-corrected chi connectivity index (χ0v) is 17.3. The Labute approximate surface area is 177 Å². The van der Waals surface area contributed by atoms with Crippen molar-refractivity contribution in [3.63, 3.8) is 0 Å². The second-order valence-corrected chi connectivity index (χ2v) is 8.13. The summed E-state index contributed by atoms with van der Waals surface area (Å²) < 4.78 is 42.8. The fourth-order valence-electron chi connectivity index (χ4n) is 3.95. The van der Waals surface area contributed by atoms with Gasteiger partial charge in [-0.1, -0.05) is 0 Å². The number of carbonyl (C=O) groups excluding carboxylic acids is 1. The van der Waals surface area contributed by atoms with E-state index in [0.717, 1.165) is 16.3 Å². The van der Waals surface area contributed by atoms with Gasteiger partial charge in [0, 0.05) is 32.4 Å². The monoisotopic (exact) mass is 447 g/mol. The Morgan fingerprint density at radius 1 is 1.16 bits per heavy atom. The normalized spacial score (nSPS) is 14.3. The molecule has 0 unspecified atom stereocenters. The van der Waals surface area contributed by atoms with E-state index in [1.807, 2.05) is 0 Å². The number of alkyl halides is 3. The summed E-state index contributed by atoms with van der Waals surface area (Å²) in [5.41, 5.74) is 4.20. The number of aryl methyl sites for hydroxylation is 2. The van der Waals surface area contributed by atoms with Crippen molar-refractivity contribution in [1.29, 1.82) is 0 Å². The molecule has 5 heterocycles. The molecule has 1 aliphatic heterocycles. The molecule has 0 aromatic carbocycles. The maximum absolute atomic E-state index is 13.2. The van der Waals surface area contributed by atoms with Gasteiger partial charge >= 0.3 is 6.18 Å². The van der Waals surface area contributed by atoms with Gasteiger partial charge in [-0.3, -0.25) is 14.2 Å². The van der Waals surface area contributed by atoms with Crippen LogP contribution in [0.2, 0.25) is 0 Å². The smallest absolute Gasteiger partial charge is 0.332 e. The highest BCUT2D eigenvalue weighted by Gasteiger charge is 2.36. The Morgan fingerprint density at radius 2 is 1.97 bits per heavy atom. The van der Waals surface area contributed by atoms with E-state index in [-0.39, 0.29) is 12.5 Å². The molecule has 0 radical (unpaired) electrons. The van der Waals surface area contributed by atoms with Gasteiger partial charge in [-0.05, 0) is 18.6 Å². The minimum atomic E-state index is -4.52. The van der Waals surface area contributed by atoms with Gasteiger partial charge in [-0.25, -0.2) is 9.97 Å². The Morgan fingerprint density at radius 3 is 2.71 bits per heavy atom. The lowest BCUT2D eigenvalue weighted by molar-refractivity contribution is -0.141. The van der Waals surface area contributed by atoms with Gasteiger partial charge in [0.25, 0.3) is 5.91 Å². The highest BCUT2D eigenvalue weighted by atomic mass is 32.1. The van der Waals surface area contributed by atoms with Gasteiger partial charge < -0.3 is 4.90 Å². The van der Waals surface area contributed by atoms with Crippen molar-refractivity contribution < 1.29 is 18.0 Å². The number of fused-ring (bicyclic) bond motifs is 2. The number of nitrogens with zero attached hydrogens (tertiary/aromatic N) is 7. The molecule has 0 saturated carbocycles. The summed E-state index contributed by atoms with van der Waals surface area (Å²) in [6.07, 6.45) is -2.48. The number of carbonyl (C=O) groups is 1. The van der Waals surface area contributed by atoms with Crippen molar-refractivity contribution in [3.05, 3.63) is 46.4 Å². The predicted octanol–water partition coefficient (Wildman–Crippen LogP) is 3.04. The van der Waals surface area contributed by atoms with Crippen LogP contribution in [0, 0.1) is 0 Å². The lowest BCUT2D eigenvalue weighted by Crippen LogP contribution is -2.36. The molecular weight excluding hydrogens is 431 g/mol. The van der Waals surface area contributed by atoms with Crippen LogP contribution in [0.3, 0.4) is 0 Å². The number of hydrogen-bond acceptors (Lipinski definition) is 6. The number of rotatable bonds is 2. The second-order valence-electron chi connectivity index (χ2n) is 7.27. The standard InChI is InChI=1S/C19H16F3N7OS/c1-27-13(7-14(26-27)19(20,21)22)15-10-4-6-29(8-12(10)25-28(15)2)18(30)11-3-5-23-17-16(11)31-9-24-17/h3,5,7,9H,4,6,8H2,1-2H3. The van der Waals surface area contributed by atoms with Crippen LogP contribution >= 0.6 is 11.3 Å². The zero-order valence-electron chi connectivity index (χ0n) is 16.5. The van der Waals surface area contributed by atoms with Crippen molar-refractivity contribution in [2.45, 2.75) is 19.1 Å². The molecule has 0 N–H and O–H groups in total. The fourth-order valence-corrected chi connectivity index (χ4v) is 4.71. The minimum Gasteiger partial charge on any atom is -0.332 e. The first-order chi connectivity index (χ1) is 14.7. The molecule has 1 aliphatic rings. The third kappa shape index (κ3) is 3.17. The van der Waals surface area contributed by atoms with Crippen LogP contribution in [0.4, 0.5) is 13.2 Å². The number of aromatic nitrogens is 6. The second kappa shape index (κ2) is 6.87. The van der Waals surface area contributed by atoms with E-state index in [0.29, 0.717) is 41.3 Å². The summed E-state index contributed by atoms with van der Waals surface area (Å²) in [7, 11) is 3.16. The first-order valence-corrected chi connectivity index (χ1v) is 10.3. The minimum absolute atomic E-state index is 0.144. The molecule has 0 atom stereocenters. The molecule has 12 heteroatoms. The van der Waals surface area contributed by atoms with Crippen LogP contribution in [0.5, 0.6) is 0 Å². The van der Waals surface area contributed by atoms with Gasteiger partial charge in [0.2, 0.25) is 0 Å². The van der Waals surface area contributed by atoms with Crippen molar-refractivity contribution in [1.82, 2.24) is 34.4 Å². The summed E-state index contributed by atoms with van der Waals surface area (Å²) in [4.78, 5) is 23.2. The van der Waals surface area contributed by atoms with Gasteiger partial charge in [0.1, 0.15) is 0 Å². The zero-order chi connectivity index (χ0) is 21.9. The van der Waals surface area contributed by atoms with Crippen molar-refractivity contribution in [2.24, 2.45) is 14.1 Å². The van der Waals surface area contributed by atoms with Crippen LogP contribution in [-0.4, -0.2) is 46.9 Å². The van der Waals surface area contributed by atoms with E-state index in [2.05, 4.69) is 20.2 Å². The molecule has 1 amide bonds. The van der Waals surface area contributed by atoms with E-state index < -0.39 is 11.9 Å². The van der Waals surface area contributed by atoms with Crippen LogP contribution in [0.1, 0.15) is 27.3 Å². The number of thiazole rings is 1. The molecule has 8 nitrogen and oxygen atoms in total. The van der Waals surface area contributed by atoms with Crippen LogP contribution in [0.15, 0.2) is 23.8 Å². The van der Waals surface area contributed by atoms with E-state index in [1.54, 1.807) is 34.4 Å². The Balaban J connectivity index is 1.48. The first kappa shape index (κ1) is 19.7. The maximum atomic E-state index is 13.2. The Hall–Kier alpha value is -3.28. The largest absolute Gasteiger partial charge is 0.435 e. The number of hydrogen-bond donors (Lipinski definition) is 0. The van der Waals surface area contributed by atoms with Gasteiger partial charge in [-0.15, -0.1) is 11.3 Å². The molecule has 31 heavy (non-hydrogen) atoms. The maximum Gasteiger partial charge on any atom is 0.435 e. The Kier molecular flexibility index (Phi) is 4.36. The van der Waals surface area contributed by atoms with E-state index >= 15 is 0 Å². The predicted molar refractivity (Wildman–Crippen MR) is 106 cm³/mol. The molecule has 4 aromatic rings. The lowest BCUT2D eigenvalue weighted by Gasteiger charge is -2.26. The van der Waals surface area contributed by atoms with Crippen molar-refractivity contribution >= 4 is 27.6 Å². The molecule has 160 valence electrons. The molecular formula is C19H16F3N7OS. The van der Waals surface area contributed by atoms with Gasteiger partial charge in [0.15, 0.2) is 11.3 Å². The van der Waals surface area contributed by atoms with E-state index in [9.17, 15) is 18.0 Å². The third-order valence-corrected chi connectivity index (χ3v) is 6.21.